The maximum atomic E-state index is 5.12. The van der Waals surface area contributed by atoms with Gasteiger partial charge in [0.2, 0.25) is 0 Å². The lowest BCUT2D eigenvalue weighted by Crippen LogP contribution is -2.47. The van der Waals surface area contributed by atoms with Gasteiger partial charge >= 0.3 is 0 Å². The van der Waals surface area contributed by atoms with E-state index in [0.29, 0.717) is 0 Å². The van der Waals surface area contributed by atoms with E-state index in [4.69, 9.17) is 4.98 Å². The highest BCUT2D eigenvalue weighted by Crippen LogP contribution is 2.33. The smallest absolute Gasteiger partial charge is 0.111 e. The van der Waals surface area contributed by atoms with Crippen molar-refractivity contribution in [1.29, 1.82) is 0 Å². The minimum absolute atomic E-state index is 0.996. The van der Waals surface area contributed by atoms with Crippen LogP contribution in [0.25, 0.3) is 21.8 Å². The fraction of sp³-hybridized carbons (Fsp3) is 0.370. The Balaban J connectivity index is 1.35. The second kappa shape index (κ2) is 9.63. The Morgan fingerprint density at radius 1 is 0.875 bits per heavy atom. The second-order valence-corrected chi connectivity index (χ2v) is 9.57. The van der Waals surface area contributed by atoms with Crippen LogP contribution in [0.4, 0.5) is 5.69 Å². The van der Waals surface area contributed by atoms with Crippen molar-refractivity contribution in [3.63, 3.8) is 0 Å². The number of imidazole rings is 1. The lowest BCUT2D eigenvalue weighted by atomic mass is 10.1. The maximum Gasteiger partial charge on any atom is 0.111 e. The molecule has 0 aliphatic carbocycles. The topological polar surface area (TPSA) is 24.3 Å². The number of hydrogen-bond donors (Lipinski definition) is 0. The number of nitrogens with zero attached hydrogens (tertiary/aromatic N) is 4. The van der Waals surface area contributed by atoms with Gasteiger partial charge in [-0.05, 0) is 30.0 Å². The molecule has 3 aromatic carbocycles. The van der Waals surface area contributed by atoms with Crippen molar-refractivity contribution in [3.8, 4) is 0 Å². The third kappa shape index (κ3) is 4.28. The Morgan fingerprint density at radius 3 is 2.34 bits per heavy atom. The lowest BCUT2D eigenvalue weighted by Gasteiger charge is -2.36. The molecule has 0 amide bonds. The van der Waals surface area contributed by atoms with Crippen LogP contribution in [0.2, 0.25) is 0 Å². The number of aromatic nitrogens is 2. The van der Waals surface area contributed by atoms with Crippen molar-refractivity contribution in [3.05, 3.63) is 71.0 Å². The zero-order chi connectivity index (χ0) is 21.9. The van der Waals surface area contributed by atoms with E-state index >= 15 is 0 Å². The molecule has 5 heteroatoms. The quantitative estimate of drug-likeness (QED) is 0.312. The average Bonchev–Trinajstić information content (AvgIpc) is 3.19. The van der Waals surface area contributed by atoms with Gasteiger partial charge in [-0.15, -0.1) is 0 Å². The molecule has 0 unspecified atom stereocenters. The molecule has 2 heterocycles. The number of anilines is 1. The fourth-order valence-electron chi connectivity index (χ4n) is 4.87. The number of aryl methyl sites for hydroxylation is 1. The van der Waals surface area contributed by atoms with Crippen molar-refractivity contribution >= 4 is 43.4 Å². The average molecular weight is 491 g/mol. The monoisotopic (exact) mass is 490 g/mol. The van der Waals surface area contributed by atoms with Crippen LogP contribution < -0.4 is 4.90 Å². The summed E-state index contributed by atoms with van der Waals surface area (Å²) in [6.07, 6.45) is 3.36. The van der Waals surface area contributed by atoms with Gasteiger partial charge in [-0.2, -0.15) is 0 Å². The van der Waals surface area contributed by atoms with Crippen LogP contribution >= 0.6 is 15.9 Å². The molecule has 5 rings (SSSR count). The first-order valence-corrected chi connectivity index (χ1v) is 12.6. The van der Waals surface area contributed by atoms with Gasteiger partial charge in [0.1, 0.15) is 5.82 Å². The van der Waals surface area contributed by atoms with Gasteiger partial charge in [-0.3, -0.25) is 4.90 Å². The van der Waals surface area contributed by atoms with Gasteiger partial charge in [0.15, 0.2) is 0 Å². The van der Waals surface area contributed by atoms with Crippen LogP contribution in [-0.2, 0) is 13.0 Å². The van der Waals surface area contributed by atoms with E-state index in [0.717, 1.165) is 55.7 Å². The van der Waals surface area contributed by atoms with Crippen molar-refractivity contribution in [1.82, 2.24) is 14.5 Å². The van der Waals surface area contributed by atoms with Crippen LogP contribution in [0.1, 0.15) is 25.6 Å². The molecule has 1 aliphatic rings. The summed E-state index contributed by atoms with van der Waals surface area (Å²) in [7, 11) is 0. The zero-order valence-corrected chi connectivity index (χ0v) is 20.4. The Labute approximate surface area is 199 Å². The number of rotatable bonds is 7. The van der Waals surface area contributed by atoms with Gasteiger partial charge in [-0.25, -0.2) is 4.98 Å². The minimum Gasteiger partial charge on any atom is -0.369 e. The molecule has 0 radical (unpaired) electrons. The Bertz CT molecular complexity index is 1190. The predicted octanol–water partition coefficient (Wildman–Crippen LogP) is 6.12. The maximum absolute atomic E-state index is 5.12. The third-order valence-corrected chi connectivity index (χ3v) is 7.31. The summed E-state index contributed by atoms with van der Waals surface area (Å²) in [5.74, 6) is 1.22. The molecule has 1 aromatic heterocycles. The number of hydrogen-bond acceptors (Lipinski definition) is 3. The summed E-state index contributed by atoms with van der Waals surface area (Å²) in [5, 5.41) is 2.56. The third-order valence-electron chi connectivity index (χ3n) is 6.66. The fourth-order valence-corrected chi connectivity index (χ4v) is 5.44. The van der Waals surface area contributed by atoms with Crippen molar-refractivity contribution in [2.45, 2.75) is 32.7 Å². The second-order valence-electron chi connectivity index (χ2n) is 8.72. The first kappa shape index (κ1) is 21.5. The Hall–Kier alpha value is -2.37. The largest absolute Gasteiger partial charge is 0.369 e. The molecule has 1 fully saturated rings. The number of piperazine rings is 1. The summed E-state index contributed by atoms with van der Waals surface area (Å²) in [4.78, 5) is 10.2. The molecule has 1 aliphatic heterocycles. The summed E-state index contributed by atoms with van der Waals surface area (Å²) >= 11 is 3.77. The van der Waals surface area contributed by atoms with Gasteiger partial charge < -0.3 is 9.47 Å². The molecule has 0 saturated carbocycles. The first-order valence-electron chi connectivity index (χ1n) is 11.8. The van der Waals surface area contributed by atoms with E-state index in [1.807, 2.05) is 0 Å². The molecule has 32 heavy (non-hydrogen) atoms. The van der Waals surface area contributed by atoms with Gasteiger partial charge in [0, 0.05) is 61.2 Å². The van der Waals surface area contributed by atoms with E-state index in [-0.39, 0.29) is 0 Å². The van der Waals surface area contributed by atoms with E-state index in [1.54, 1.807) is 0 Å². The molecule has 1 saturated heterocycles. The summed E-state index contributed by atoms with van der Waals surface area (Å²) in [6, 6.07) is 21.7. The number of para-hydroxylation sites is 1. The van der Waals surface area contributed by atoms with Crippen LogP contribution in [0.15, 0.2) is 65.1 Å². The molecule has 0 N–H and O–H groups in total. The van der Waals surface area contributed by atoms with Gasteiger partial charge in [0.25, 0.3) is 0 Å². The van der Waals surface area contributed by atoms with Crippen LogP contribution in [-0.4, -0.2) is 47.2 Å². The summed E-state index contributed by atoms with van der Waals surface area (Å²) in [5.41, 5.74) is 3.74. The lowest BCUT2D eigenvalue weighted by molar-refractivity contribution is 0.258. The van der Waals surface area contributed by atoms with E-state index in [9.17, 15) is 0 Å². The minimum atomic E-state index is 0.996. The van der Waals surface area contributed by atoms with Crippen molar-refractivity contribution in [2.75, 3.05) is 37.6 Å². The zero-order valence-electron chi connectivity index (χ0n) is 18.8. The predicted molar refractivity (Wildman–Crippen MR) is 139 cm³/mol. The van der Waals surface area contributed by atoms with Gasteiger partial charge in [-0.1, -0.05) is 71.7 Å². The molecule has 0 spiro atoms. The van der Waals surface area contributed by atoms with E-state index in [2.05, 4.69) is 97.9 Å². The van der Waals surface area contributed by atoms with Crippen LogP contribution in [0.5, 0.6) is 0 Å². The van der Waals surface area contributed by atoms with Crippen molar-refractivity contribution < 1.29 is 0 Å². The van der Waals surface area contributed by atoms with Crippen molar-refractivity contribution in [2.24, 2.45) is 0 Å². The SMILES string of the molecule is CCCCn1c(CCN2CCN(c3ccccc3)CC2)nc2cc(Br)c3ccccc3c21. The first-order chi connectivity index (χ1) is 15.7. The van der Waals surface area contributed by atoms with Gasteiger partial charge in [0.05, 0.1) is 11.0 Å². The highest BCUT2D eigenvalue weighted by Gasteiger charge is 2.19. The van der Waals surface area contributed by atoms with Crippen LogP contribution in [0.3, 0.4) is 0 Å². The molecular weight excluding hydrogens is 460 g/mol. The van der Waals surface area contributed by atoms with Crippen LogP contribution in [0, 0.1) is 0 Å². The number of unbranched alkanes of at least 4 members (excludes halogenated alkanes) is 1. The molecule has 166 valence electrons. The number of benzene rings is 3. The standard InChI is InChI=1S/C27H31BrN4/c1-2-3-14-32-26(29-25-20-24(28)22-11-7-8-12-23(22)27(25)32)13-15-30-16-18-31(19-17-30)21-9-5-4-6-10-21/h4-12,20H,2-3,13-19H2,1H3. The van der Waals surface area contributed by atoms with E-state index < -0.39 is 0 Å². The Morgan fingerprint density at radius 2 is 1.59 bits per heavy atom. The molecular formula is C27H31BrN4. The normalized spacial score (nSPS) is 15.1. The van der Waals surface area contributed by atoms with E-state index in [1.165, 1.54) is 40.6 Å². The molecule has 4 aromatic rings. The summed E-state index contributed by atoms with van der Waals surface area (Å²) in [6.45, 7) is 8.77. The molecule has 0 bridgehead atoms. The number of halogens is 1. The number of fused-ring (bicyclic) bond motifs is 3. The molecule has 0 atom stereocenters. The molecule has 4 nitrogen and oxygen atoms in total. The highest BCUT2D eigenvalue weighted by atomic mass is 79.9. The highest BCUT2D eigenvalue weighted by molar-refractivity contribution is 9.10. The Kier molecular flexibility index (Phi) is 6.47. The summed E-state index contributed by atoms with van der Waals surface area (Å²) < 4.78 is 3.62.